The minimum Gasteiger partial charge on any atom is -0.489 e. The summed E-state index contributed by atoms with van der Waals surface area (Å²) in [6, 6.07) is 4.05. The summed E-state index contributed by atoms with van der Waals surface area (Å²) >= 11 is 0. The van der Waals surface area contributed by atoms with E-state index in [4.69, 9.17) is 9.47 Å². The van der Waals surface area contributed by atoms with Crippen LogP contribution in [0.5, 0.6) is 5.75 Å². The first kappa shape index (κ1) is 11.4. The van der Waals surface area contributed by atoms with Gasteiger partial charge in [0, 0.05) is 18.5 Å². The topological polar surface area (TPSA) is 31.4 Å². The molecule has 0 spiro atoms. The number of aromatic nitrogens is 1. The van der Waals surface area contributed by atoms with Gasteiger partial charge in [-0.3, -0.25) is 4.98 Å². The molecular weight excluding hydrogens is 202 g/mol. The van der Waals surface area contributed by atoms with Gasteiger partial charge in [-0.1, -0.05) is 13.8 Å². The Morgan fingerprint density at radius 1 is 1.31 bits per heavy atom. The molecule has 0 atom stereocenters. The molecule has 1 aliphatic rings. The van der Waals surface area contributed by atoms with Crippen LogP contribution >= 0.6 is 0 Å². The SMILES string of the molecule is CC(C)c1ccc(OC2CCOCC2)cn1. The monoisotopic (exact) mass is 221 g/mol. The van der Waals surface area contributed by atoms with Gasteiger partial charge in [0.2, 0.25) is 0 Å². The molecule has 2 heterocycles. The zero-order chi connectivity index (χ0) is 11.4. The van der Waals surface area contributed by atoms with Crippen molar-refractivity contribution in [1.29, 1.82) is 0 Å². The molecule has 1 fully saturated rings. The van der Waals surface area contributed by atoms with Crippen LogP contribution in [0.1, 0.15) is 38.3 Å². The van der Waals surface area contributed by atoms with Crippen molar-refractivity contribution < 1.29 is 9.47 Å². The highest BCUT2D eigenvalue weighted by atomic mass is 16.5. The predicted octanol–water partition coefficient (Wildman–Crippen LogP) is 2.76. The molecule has 16 heavy (non-hydrogen) atoms. The van der Waals surface area contributed by atoms with E-state index in [1.165, 1.54) is 0 Å². The van der Waals surface area contributed by atoms with E-state index in [1.807, 2.05) is 18.3 Å². The van der Waals surface area contributed by atoms with Gasteiger partial charge in [-0.05, 0) is 18.1 Å². The fraction of sp³-hybridized carbons (Fsp3) is 0.615. The molecule has 0 unspecified atom stereocenters. The minimum atomic E-state index is 0.292. The maximum atomic E-state index is 5.85. The molecule has 0 bridgehead atoms. The van der Waals surface area contributed by atoms with Gasteiger partial charge >= 0.3 is 0 Å². The van der Waals surface area contributed by atoms with Gasteiger partial charge in [0.15, 0.2) is 0 Å². The lowest BCUT2D eigenvalue weighted by Crippen LogP contribution is -2.25. The van der Waals surface area contributed by atoms with Crippen molar-refractivity contribution in [3.05, 3.63) is 24.0 Å². The van der Waals surface area contributed by atoms with Crippen LogP contribution in [0.4, 0.5) is 0 Å². The summed E-state index contributed by atoms with van der Waals surface area (Å²) in [6.45, 7) is 5.90. The fourth-order valence-electron chi connectivity index (χ4n) is 1.79. The zero-order valence-corrected chi connectivity index (χ0v) is 9.98. The standard InChI is InChI=1S/C13H19NO2/c1-10(2)13-4-3-12(9-14-13)16-11-5-7-15-8-6-11/h3-4,9-11H,5-8H2,1-2H3. The summed E-state index contributed by atoms with van der Waals surface area (Å²) in [5.41, 5.74) is 1.11. The molecule has 0 N–H and O–H groups in total. The molecule has 2 rings (SSSR count). The highest BCUT2D eigenvalue weighted by Gasteiger charge is 2.15. The second-order valence-corrected chi connectivity index (χ2v) is 4.50. The largest absolute Gasteiger partial charge is 0.489 e. The lowest BCUT2D eigenvalue weighted by molar-refractivity contribution is 0.0254. The second kappa shape index (κ2) is 5.30. The summed E-state index contributed by atoms with van der Waals surface area (Å²) in [5, 5.41) is 0. The van der Waals surface area contributed by atoms with Crippen molar-refractivity contribution in [1.82, 2.24) is 4.98 Å². The van der Waals surface area contributed by atoms with Crippen LogP contribution in [0.2, 0.25) is 0 Å². The summed E-state index contributed by atoms with van der Waals surface area (Å²) in [6.07, 6.45) is 4.07. The molecule has 1 aromatic heterocycles. The van der Waals surface area contributed by atoms with E-state index in [9.17, 15) is 0 Å². The van der Waals surface area contributed by atoms with Gasteiger partial charge < -0.3 is 9.47 Å². The Kier molecular flexibility index (Phi) is 3.78. The lowest BCUT2D eigenvalue weighted by atomic mass is 10.1. The maximum absolute atomic E-state index is 5.85. The van der Waals surface area contributed by atoms with E-state index >= 15 is 0 Å². The molecule has 1 aromatic rings. The predicted molar refractivity (Wildman–Crippen MR) is 62.8 cm³/mol. The zero-order valence-electron chi connectivity index (χ0n) is 9.98. The number of pyridine rings is 1. The van der Waals surface area contributed by atoms with Crippen molar-refractivity contribution in [2.45, 2.75) is 38.7 Å². The van der Waals surface area contributed by atoms with E-state index in [1.54, 1.807) is 0 Å². The number of nitrogens with zero attached hydrogens (tertiary/aromatic N) is 1. The second-order valence-electron chi connectivity index (χ2n) is 4.50. The first-order valence-electron chi connectivity index (χ1n) is 5.96. The van der Waals surface area contributed by atoms with Gasteiger partial charge in [-0.25, -0.2) is 0 Å². The number of rotatable bonds is 3. The van der Waals surface area contributed by atoms with Gasteiger partial charge in [-0.15, -0.1) is 0 Å². The third-order valence-corrected chi connectivity index (χ3v) is 2.82. The molecule has 1 aliphatic heterocycles. The molecule has 1 saturated heterocycles. The number of hydrogen-bond acceptors (Lipinski definition) is 3. The summed E-state index contributed by atoms with van der Waals surface area (Å²) in [4.78, 5) is 4.39. The highest BCUT2D eigenvalue weighted by molar-refractivity contribution is 5.21. The Morgan fingerprint density at radius 3 is 2.62 bits per heavy atom. The maximum Gasteiger partial charge on any atom is 0.138 e. The summed E-state index contributed by atoms with van der Waals surface area (Å²) in [7, 11) is 0. The van der Waals surface area contributed by atoms with Crippen LogP contribution in [0.15, 0.2) is 18.3 Å². The Hall–Kier alpha value is -1.09. The van der Waals surface area contributed by atoms with Crippen LogP contribution in [0.25, 0.3) is 0 Å². The molecule has 0 saturated carbocycles. The molecule has 0 amide bonds. The van der Waals surface area contributed by atoms with E-state index < -0.39 is 0 Å². The Labute approximate surface area is 96.8 Å². The Morgan fingerprint density at radius 2 is 2.06 bits per heavy atom. The van der Waals surface area contributed by atoms with Gasteiger partial charge in [-0.2, -0.15) is 0 Å². The summed E-state index contributed by atoms with van der Waals surface area (Å²) < 4.78 is 11.1. The normalized spacial score (nSPS) is 17.7. The Balaban J connectivity index is 1.93. The van der Waals surface area contributed by atoms with Crippen LogP contribution in [-0.2, 0) is 4.74 Å². The van der Waals surface area contributed by atoms with Crippen LogP contribution in [0.3, 0.4) is 0 Å². The lowest BCUT2D eigenvalue weighted by Gasteiger charge is -2.23. The van der Waals surface area contributed by atoms with Crippen molar-refractivity contribution in [3.63, 3.8) is 0 Å². The Bertz CT molecular complexity index is 315. The highest BCUT2D eigenvalue weighted by Crippen LogP contribution is 2.19. The molecular formula is C13H19NO2. The number of hydrogen-bond donors (Lipinski definition) is 0. The quantitative estimate of drug-likeness (QED) is 0.786. The first-order valence-corrected chi connectivity index (χ1v) is 5.96. The molecule has 0 radical (unpaired) electrons. The van der Waals surface area contributed by atoms with Crippen molar-refractivity contribution in [2.24, 2.45) is 0 Å². The molecule has 88 valence electrons. The third kappa shape index (κ3) is 2.95. The van der Waals surface area contributed by atoms with E-state index in [0.29, 0.717) is 12.0 Å². The number of ether oxygens (including phenoxy) is 2. The van der Waals surface area contributed by atoms with E-state index in [2.05, 4.69) is 18.8 Å². The van der Waals surface area contributed by atoms with E-state index in [-0.39, 0.29) is 0 Å². The van der Waals surface area contributed by atoms with Crippen LogP contribution in [-0.4, -0.2) is 24.3 Å². The first-order chi connectivity index (χ1) is 7.75. The van der Waals surface area contributed by atoms with Gasteiger partial charge in [0.05, 0.1) is 19.4 Å². The minimum absolute atomic E-state index is 0.292. The van der Waals surface area contributed by atoms with Gasteiger partial charge in [0.25, 0.3) is 0 Å². The third-order valence-electron chi connectivity index (χ3n) is 2.82. The van der Waals surface area contributed by atoms with Crippen LogP contribution < -0.4 is 4.74 Å². The summed E-state index contributed by atoms with van der Waals surface area (Å²) in [5.74, 6) is 1.34. The average molecular weight is 221 g/mol. The average Bonchev–Trinajstić information content (AvgIpc) is 2.31. The molecule has 3 heteroatoms. The molecule has 0 aliphatic carbocycles. The molecule has 3 nitrogen and oxygen atoms in total. The van der Waals surface area contributed by atoms with Gasteiger partial charge in [0.1, 0.15) is 11.9 Å². The smallest absolute Gasteiger partial charge is 0.138 e. The van der Waals surface area contributed by atoms with Crippen molar-refractivity contribution >= 4 is 0 Å². The van der Waals surface area contributed by atoms with Crippen molar-refractivity contribution in [2.75, 3.05) is 13.2 Å². The van der Waals surface area contributed by atoms with Crippen molar-refractivity contribution in [3.8, 4) is 5.75 Å². The fourth-order valence-corrected chi connectivity index (χ4v) is 1.79. The van der Waals surface area contributed by atoms with Crippen LogP contribution in [0, 0.1) is 0 Å². The van der Waals surface area contributed by atoms with E-state index in [0.717, 1.165) is 37.5 Å². The molecule has 0 aromatic carbocycles.